The van der Waals surface area contributed by atoms with E-state index in [1.807, 2.05) is 0 Å². The van der Waals surface area contributed by atoms with Gasteiger partial charge >= 0.3 is 6.18 Å². The number of terminal acetylenes is 1. The van der Waals surface area contributed by atoms with Crippen LogP contribution < -0.4 is 0 Å². The number of hydrogen-bond donors (Lipinski definition) is 0. The number of carbonyl (C=O) groups excluding carboxylic acids is 1. The van der Waals surface area contributed by atoms with Crippen molar-refractivity contribution in [3.8, 4) is 12.3 Å². The zero-order valence-corrected chi connectivity index (χ0v) is 10.3. The van der Waals surface area contributed by atoms with Crippen LogP contribution in [0.3, 0.4) is 0 Å². The van der Waals surface area contributed by atoms with Gasteiger partial charge in [-0.15, -0.1) is 6.42 Å². The number of nitrogens with zero attached hydrogens (tertiary/aromatic N) is 1. The predicted molar refractivity (Wildman–Crippen MR) is 64.5 cm³/mol. The zero-order valence-electron chi connectivity index (χ0n) is 10.3. The molecule has 0 radical (unpaired) electrons. The van der Waals surface area contributed by atoms with Crippen LogP contribution in [0.25, 0.3) is 0 Å². The third kappa shape index (κ3) is 2.58. The first-order valence-electron chi connectivity index (χ1n) is 5.80. The van der Waals surface area contributed by atoms with Crippen LogP contribution in [-0.4, -0.2) is 23.9 Å². The molecule has 2 rings (SSSR count). The molecule has 0 bridgehead atoms. The number of amides is 1. The maximum atomic E-state index is 13.0. The fraction of sp³-hybridized carbons (Fsp3) is 0.357. The van der Waals surface area contributed by atoms with E-state index in [1.165, 1.54) is 24.1 Å². The van der Waals surface area contributed by atoms with Gasteiger partial charge in [-0.2, -0.15) is 13.2 Å². The second kappa shape index (κ2) is 4.61. The highest BCUT2D eigenvalue weighted by Crippen LogP contribution is 2.35. The average molecular weight is 267 g/mol. The molecular weight excluding hydrogens is 255 g/mol. The molecule has 5 heteroatoms. The third-order valence-corrected chi connectivity index (χ3v) is 3.15. The summed E-state index contributed by atoms with van der Waals surface area (Å²) in [7, 11) is 1.51. The Balaban J connectivity index is 2.53. The summed E-state index contributed by atoms with van der Waals surface area (Å²) in [4.78, 5) is 13.5. The van der Waals surface area contributed by atoms with Crippen molar-refractivity contribution in [1.82, 2.24) is 4.90 Å². The molecular formula is C14H12F3NO. The van der Waals surface area contributed by atoms with Gasteiger partial charge in [0.05, 0.1) is 11.1 Å². The van der Waals surface area contributed by atoms with Crippen LogP contribution in [0.5, 0.6) is 0 Å². The number of benzene rings is 1. The van der Waals surface area contributed by atoms with E-state index in [0.717, 1.165) is 18.9 Å². The molecule has 0 spiro atoms. The Morgan fingerprint density at radius 2 is 2.05 bits per heavy atom. The lowest BCUT2D eigenvalue weighted by Crippen LogP contribution is -2.31. The van der Waals surface area contributed by atoms with E-state index in [1.54, 1.807) is 0 Å². The van der Waals surface area contributed by atoms with Crippen molar-refractivity contribution in [1.29, 1.82) is 0 Å². The lowest BCUT2D eigenvalue weighted by Gasteiger charge is -2.20. The molecule has 0 N–H and O–H groups in total. The fourth-order valence-corrected chi connectivity index (χ4v) is 1.94. The van der Waals surface area contributed by atoms with Crippen LogP contribution in [0.1, 0.15) is 34.3 Å². The Bertz CT molecular complexity index is 553. The van der Waals surface area contributed by atoms with Crippen molar-refractivity contribution in [2.45, 2.75) is 25.1 Å². The average Bonchev–Trinajstić information content (AvgIpc) is 3.19. The van der Waals surface area contributed by atoms with Gasteiger partial charge in [0.2, 0.25) is 0 Å². The summed E-state index contributed by atoms with van der Waals surface area (Å²) in [5.74, 6) is 1.49. The van der Waals surface area contributed by atoms with Crippen LogP contribution in [0.4, 0.5) is 13.2 Å². The molecule has 0 aliphatic heterocycles. The molecule has 1 saturated carbocycles. The second-order valence-electron chi connectivity index (χ2n) is 4.52. The number of rotatable bonds is 2. The van der Waals surface area contributed by atoms with Gasteiger partial charge in [0.15, 0.2) is 0 Å². The molecule has 0 unspecified atom stereocenters. The highest BCUT2D eigenvalue weighted by molar-refractivity contribution is 5.98. The Morgan fingerprint density at radius 1 is 1.42 bits per heavy atom. The van der Waals surface area contributed by atoms with Crippen molar-refractivity contribution in [3.63, 3.8) is 0 Å². The van der Waals surface area contributed by atoms with Gasteiger partial charge in [-0.3, -0.25) is 4.79 Å². The van der Waals surface area contributed by atoms with Crippen molar-refractivity contribution >= 4 is 5.91 Å². The van der Waals surface area contributed by atoms with Crippen molar-refractivity contribution in [2.24, 2.45) is 0 Å². The Hall–Kier alpha value is -1.96. The predicted octanol–water partition coefficient (Wildman–Crippen LogP) is 2.92. The van der Waals surface area contributed by atoms with E-state index in [4.69, 9.17) is 6.42 Å². The standard InChI is InChI=1S/C14H12F3NO/c1-3-9-5-4-6-11(14(15,16)17)12(9)13(19)18(2)10-7-8-10/h1,4-6,10H,7-8H2,2H3. The van der Waals surface area contributed by atoms with E-state index in [2.05, 4.69) is 5.92 Å². The normalized spacial score (nSPS) is 14.9. The van der Waals surface area contributed by atoms with E-state index in [9.17, 15) is 18.0 Å². The Labute approximate surface area is 109 Å². The summed E-state index contributed by atoms with van der Waals surface area (Å²) in [6, 6.07) is 3.48. The lowest BCUT2D eigenvalue weighted by atomic mass is 9.99. The summed E-state index contributed by atoms with van der Waals surface area (Å²) in [5, 5.41) is 0. The van der Waals surface area contributed by atoms with E-state index in [-0.39, 0.29) is 11.6 Å². The Kier molecular flexibility index (Phi) is 3.27. The monoisotopic (exact) mass is 267 g/mol. The summed E-state index contributed by atoms with van der Waals surface area (Å²) in [5.41, 5.74) is -1.42. The third-order valence-electron chi connectivity index (χ3n) is 3.15. The maximum absolute atomic E-state index is 13.0. The molecule has 1 aromatic carbocycles. The molecule has 2 nitrogen and oxygen atoms in total. The summed E-state index contributed by atoms with van der Waals surface area (Å²) >= 11 is 0. The summed E-state index contributed by atoms with van der Waals surface area (Å²) in [6.45, 7) is 0. The first-order valence-corrected chi connectivity index (χ1v) is 5.80. The molecule has 1 aromatic rings. The van der Waals surface area contributed by atoms with Gasteiger partial charge in [0.25, 0.3) is 5.91 Å². The van der Waals surface area contributed by atoms with Gasteiger partial charge in [0.1, 0.15) is 0 Å². The molecule has 0 atom stereocenters. The maximum Gasteiger partial charge on any atom is 0.417 e. The van der Waals surface area contributed by atoms with Gasteiger partial charge in [-0.1, -0.05) is 12.0 Å². The van der Waals surface area contributed by atoms with Crippen LogP contribution in [-0.2, 0) is 6.18 Å². The molecule has 100 valence electrons. The van der Waals surface area contributed by atoms with Crippen molar-refractivity contribution in [3.05, 3.63) is 34.9 Å². The molecule has 0 heterocycles. The largest absolute Gasteiger partial charge is 0.417 e. The number of carbonyl (C=O) groups is 1. The summed E-state index contributed by atoms with van der Waals surface area (Å²) in [6.07, 6.45) is 2.25. The van der Waals surface area contributed by atoms with Gasteiger partial charge < -0.3 is 4.90 Å². The number of halogens is 3. The molecule has 0 saturated heterocycles. The minimum absolute atomic E-state index is 0.0210. The fourth-order valence-electron chi connectivity index (χ4n) is 1.94. The van der Waals surface area contributed by atoms with E-state index < -0.39 is 23.2 Å². The molecule has 1 aliphatic carbocycles. The van der Waals surface area contributed by atoms with E-state index in [0.29, 0.717) is 0 Å². The molecule has 1 amide bonds. The van der Waals surface area contributed by atoms with Gasteiger partial charge in [0, 0.05) is 18.7 Å². The van der Waals surface area contributed by atoms with Crippen LogP contribution in [0.2, 0.25) is 0 Å². The number of hydrogen-bond acceptors (Lipinski definition) is 1. The molecule has 1 fully saturated rings. The van der Waals surface area contributed by atoms with Crippen LogP contribution >= 0.6 is 0 Å². The topological polar surface area (TPSA) is 20.3 Å². The van der Waals surface area contributed by atoms with Crippen molar-refractivity contribution < 1.29 is 18.0 Å². The highest BCUT2D eigenvalue weighted by Gasteiger charge is 2.39. The minimum atomic E-state index is -4.59. The molecule has 0 aromatic heterocycles. The van der Waals surface area contributed by atoms with Crippen LogP contribution in [0.15, 0.2) is 18.2 Å². The minimum Gasteiger partial charge on any atom is -0.339 e. The first-order chi connectivity index (χ1) is 8.86. The van der Waals surface area contributed by atoms with E-state index >= 15 is 0 Å². The smallest absolute Gasteiger partial charge is 0.339 e. The first kappa shape index (κ1) is 13.5. The number of alkyl halides is 3. The lowest BCUT2D eigenvalue weighted by molar-refractivity contribution is -0.138. The highest BCUT2D eigenvalue weighted by atomic mass is 19.4. The Morgan fingerprint density at radius 3 is 2.53 bits per heavy atom. The van der Waals surface area contributed by atoms with Crippen LogP contribution in [0, 0.1) is 12.3 Å². The van der Waals surface area contributed by atoms with Gasteiger partial charge in [-0.05, 0) is 25.0 Å². The van der Waals surface area contributed by atoms with Crippen molar-refractivity contribution in [2.75, 3.05) is 7.05 Å². The van der Waals surface area contributed by atoms with Gasteiger partial charge in [-0.25, -0.2) is 0 Å². The summed E-state index contributed by atoms with van der Waals surface area (Å²) < 4.78 is 38.9. The quantitative estimate of drug-likeness (QED) is 0.754. The zero-order chi connectivity index (χ0) is 14.2. The second-order valence-corrected chi connectivity index (χ2v) is 4.52. The molecule has 1 aliphatic rings. The SMILES string of the molecule is C#Cc1cccc(C(F)(F)F)c1C(=O)N(C)C1CC1. The molecule has 19 heavy (non-hydrogen) atoms.